The van der Waals surface area contributed by atoms with E-state index in [9.17, 15) is 9.59 Å². The number of nitrogens with one attached hydrogen (secondary N) is 2. The highest BCUT2D eigenvalue weighted by Crippen LogP contribution is 2.19. The Morgan fingerprint density at radius 1 is 1.11 bits per heavy atom. The number of nitrogens with zero attached hydrogens (tertiary/aromatic N) is 1. The second-order valence-corrected chi connectivity index (χ2v) is 7.04. The third-order valence-electron chi connectivity index (χ3n) is 3.96. The number of amides is 2. The summed E-state index contributed by atoms with van der Waals surface area (Å²) in [5.74, 6) is 0.158. The van der Waals surface area contributed by atoms with Gasteiger partial charge in [0.2, 0.25) is 0 Å². The van der Waals surface area contributed by atoms with Crippen molar-refractivity contribution in [1.29, 1.82) is 0 Å². The molecule has 2 N–H and O–H groups in total. The normalized spacial score (nSPS) is 13.1. The summed E-state index contributed by atoms with van der Waals surface area (Å²) in [6.45, 7) is 0.437. The molecule has 6 nitrogen and oxygen atoms in total. The smallest absolute Gasteiger partial charge is 0.271 e. The summed E-state index contributed by atoms with van der Waals surface area (Å²) in [5.41, 5.74) is 1.13. The summed E-state index contributed by atoms with van der Waals surface area (Å²) in [7, 11) is 0. The lowest BCUT2D eigenvalue weighted by Crippen LogP contribution is -2.30. The van der Waals surface area contributed by atoms with Crippen molar-refractivity contribution in [3.63, 3.8) is 0 Å². The van der Waals surface area contributed by atoms with Gasteiger partial charge in [-0.15, -0.1) is 0 Å². The van der Waals surface area contributed by atoms with Crippen LogP contribution in [-0.2, 0) is 11.2 Å². The summed E-state index contributed by atoms with van der Waals surface area (Å²) in [5, 5.41) is 6.10. The highest BCUT2D eigenvalue weighted by atomic mass is 35.5. The molecule has 2 amide bonds. The molecule has 0 spiro atoms. The summed E-state index contributed by atoms with van der Waals surface area (Å²) >= 11 is 11.8. The Bertz CT molecular complexity index is 823. The van der Waals surface area contributed by atoms with Crippen molar-refractivity contribution in [3.8, 4) is 5.75 Å². The molecular formula is C19H19Cl2N3O3. The topological polar surface area (TPSA) is 80.3 Å². The molecule has 0 bridgehead atoms. The molecule has 2 aromatic rings. The predicted molar refractivity (Wildman–Crippen MR) is 103 cm³/mol. The van der Waals surface area contributed by atoms with Crippen LogP contribution in [0.5, 0.6) is 5.75 Å². The fourth-order valence-electron chi connectivity index (χ4n) is 2.38. The van der Waals surface area contributed by atoms with Gasteiger partial charge in [0.25, 0.3) is 11.8 Å². The molecular weight excluding hydrogens is 389 g/mol. The van der Waals surface area contributed by atoms with Gasteiger partial charge in [-0.3, -0.25) is 9.59 Å². The minimum absolute atomic E-state index is 0.0132. The Labute approximate surface area is 167 Å². The Morgan fingerprint density at radius 3 is 2.56 bits per heavy atom. The first kappa shape index (κ1) is 19.5. The minimum atomic E-state index is -0.371. The van der Waals surface area contributed by atoms with Crippen LogP contribution < -0.4 is 15.4 Å². The molecule has 0 aliphatic heterocycles. The van der Waals surface area contributed by atoms with Gasteiger partial charge in [-0.1, -0.05) is 35.3 Å². The monoisotopic (exact) mass is 407 g/mol. The fourth-order valence-corrected chi connectivity index (χ4v) is 2.72. The van der Waals surface area contributed by atoms with Crippen molar-refractivity contribution >= 4 is 35.0 Å². The van der Waals surface area contributed by atoms with E-state index in [1.54, 1.807) is 12.1 Å². The van der Waals surface area contributed by atoms with Crippen molar-refractivity contribution in [2.24, 2.45) is 0 Å². The number of benzene rings is 1. The van der Waals surface area contributed by atoms with E-state index in [4.69, 9.17) is 27.9 Å². The van der Waals surface area contributed by atoms with Crippen LogP contribution in [0.2, 0.25) is 10.2 Å². The predicted octanol–water partition coefficient (Wildman–Crippen LogP) is 3.02. The van der Waals surface area contributed by atoms with Crippen molar-refractivity contribution in [3.05, 3.63) is 57.8 Å². The molecule has 27 heavy (non-hydrogen) atoms. The lowest BCUT2D eigenvalue weighted by molar-refractivity contribution is -0.123. The Kier molecular flexibility index (Phi) is 6.53. The summed E-state index contributed by atoms with van der Waals surface area (Å²) in [6, 6.07) is 10.8. The van der Waals surface area contributed by atoms with Crippen LogP contribution in [-0.4, -0.2) is 36.0 Å². The summed E-state index contributed by atoms with van der Waals surface area (Å²) in [6.07, 6.45) is 2.74. The first-order chi connectivity index (χ1) is 13.0. The van der Waals surface area contributed by atoms with E-state index in [0.717, 1.165) is 18.4 Å². The van der Waals surface area contributed by atoms with Gasteiger partial charge in [-0.2, -0.15) is 0 Å². The molecule has 1 heterocycles. The van der Waals surface area contributed by atoms with Crippen LogP contribution >= 0.6 is 23.2 Å². The molecule has 1 aliphatic carbocycles. The fraction of sp³-hybridized carbons (Fsp3) is 0.316. The van der Waals surface area contributed by atoms with Crippen LogP contribution in [0.4, 0.5) is 0 Å². The van der Waals surface area contributed by atoms with E-state index in [-0.39, 0.29) is 34.3 Å². The van der Waals surface area contributed by atoms with E-state index in [2.05, 4.69) is 15.6 Å². The summed E-state index contributed by atoms with van der Waals surface area (Å²) in [4.78, 5) is 27.7. The van der Waals surface area contributed by atoms with Crippen molar-refractivity contribution < 1.29 is 14.3 Å². The number of hydrogen-bond donors (Lipinski definition) is 2. The zero-order valence-electron chi connectivity index (χ0n) is 14.5. The van der Waals surface area contributed by atoms with Crippen LogP contribution in [0.15, 0.2) is 36.4 Å². The maximum atomic E-state index is 12.1. The van der Waals surface area contributed by atoms with Crippen LogP contribution in [0.3, 0.4) is 0 Å². The van der Waals surface area contributed by atoms with Crippen molar-refractivity contribution in [2.75, 3.05) is 13.2 Å². The highest BCUT2D eigenvalue weighted by molar-refractivity contribution is 6.34. The second-order valence-electron chi connectivity index (χ2n) is 6.24. The average molecular weight is 408 g/mol. The number of ether oxygens (including phenoxy) is 1. The first-order valence-corrected chi connectivity index (χ1v) is 9.38. The summed E-state index contributed by atoms with van der Waals surface area (Å²) < 4.78 is 5.46. The Morgan fingerprint density at radius 2 is 1.85 bits per heavy atom. The van der Waals surface area contributed by atoms with E-state index >= 15 is 0 Å². The Hall–Kier alpha value is -2.31. The molecule has 0 saturated heterocycles. The quantitative estimate of drug-likeness (QED) is 0.659. The molecule has 1 aliphatic rings. The molecule has 0 atom stereocenters. The van der Waals surface area contributed by atoms with Gasteiger partial charge in [0.1, 0.15) is 16.6 Å². The molecule has 8 heteroatoms. The SMILES string of the molecule is O=C(COc1ccc(CCNC(=O)c2nc(Cl)ccc2Cl)cc1)NC1CC1. The minimum Gasteiger partial charge on any atom is -0.484 e. The molecule has 0 radical (unpaired) electrons. The van der Waals surface area contributed by atoms with Crippen molar-refractivity contribution in [2.45, 2.75) is 25.3 Å². The van der Waals surface area contributed by atoms with Crippen molar-refractivity contribution in [1.82, 2.24) is 15.6 Å². The lowest BCUT2D eigenvalue weighted by atomic mass is 10.1. The largest absolute Gasteiger partial charge is 0.484 e. The number of pyridine rings is 1. The van der Waals surface area contributed by atoms with Gasteiger partial charge in [0.05, 0.1) is 5.02 Å². The molecule has 1 saturated carbocycles. The van der Waals surface area contributed by atoms with E-state index in [1.807, 2.05) is 12.1 Å². The highest BCUT2D eigenvalue weighted by Gasteiger charge is 2.23. The van der Waals surface area contributed by atoms with Gasteiger partial charge in [-0.25, -0.2) is 4.98 Å². The molecule has 0 unspecified atom stereocenters. The van der Waals surface area contributed by atoms with Crippen LogP contribution in [0, 0.1) is 0 Å². The third-order valence-corrected chi connectivity index (χ3v) is 4.48. The average Bonchev–Trinajstić information content (AvgIpc) is 3.47. The van der Waals surface area contributed by atoms with Gasteiger partial charge in [0.15, 0.2) is 6.61 Å². The van der Waals surface area contributed by atoms with Crippen LogP contribution in [0.1, 0.15) is 28.9 Å². The van der Waals surface area contributed by atoms with E-state index in [0.29, 0.717) is 24.8 Å². The van der Waals surface area contributed by atoms with Crippen LogP contribution in [0.25, 0.3) is 0 Å². The third kappa shape index (κ3) is 6.12. The number of carbonyl (C=O) groups is 2. The molecule has 1 fully saturated rings. The lowest BCUT2D eigenvalue weighted by Gasteiger charge is -2.09. The number of rotatable bonds is 8. The molecule has 1 aromatic heterocycles. The van der Waals surface area contributed by atoms with Gasteiger partial charge >= 0.3 is 0 Å². The number of carbonyl (C=O) groups excluding carboxylic acids is 2. The number of halogens is 2. The zero-order chi connectivity index (χ0) is 19.2. The standard InChI is InChI=1S/C19H19Cl2N3O3/c20-15-7-8-16(21)24-18(15)19(26)22-10-9-12-1-5-14(6-2-12)27-11-17(25)23-13-3-4-13/h1-2,5-8,13H,3-4,9-11H2,(H,22,26)(H,23,25). The van der Waals surface area contributed by atoms with Gasteiger partial charge in [-0.05, 0) is 49.1 Å². The molecule has 142 valence electrons. The maximum absolute atomic E-state index is 12.1. The van der Waals surface area contributed by atoms with Gasteiger partial charge < -0.3 is 15.4 Å². The van der Waals surface area contributed by atoms with Gasteiger partial charge in [0, 0.05) is 12.6 Å². The number of hydrogen-bond acceptors (Lipinski definition) is 4. The van der Waals surface area contributed by atoms with E-state index in [1.165, 1.54) is 12.1 Å². The van der Waals surface area contributed by atoms with E-state index < -0.39 is 0 Å². The Balaban J connectivity index is 1.42. The first-order valence-electron chi connectivity index (χ1n) is 8.62. The maximum Gasteiger partial charge on any atom is 0.271 e. The molecule has 3 rings (SSSR count). The zero-order valence-corrected chi connectivity index (χ0v) is 16.0. The second kappa shape index (κ2) is 9.06. The molecule has 1 aromatic carbocycles. The number of aromatic nitrogens is 1.